The highest BCUT2D eigenvalue weighted by atomic mass is 16.3. The highest BCUT2D eigenvalue weighted by Gasteiger charge is 2.29. The SMILES string of the molecule is CC(C)(C)c1cc(CN(Cc2cc(C(C)(C)C)c(CO)c(C(C)(C)C)c2)c2ccc(Nc3ccc(Nc4ccc(Nc5ccccc5)cc4)cc3)cc2)cc(C(C)(C)C)c1O. The Hall–Kier alpha value is -5.72. The molecule has 0 atom stereocenters. The topological polar surface area (TPSA) is 79.8 Å². The van der Waals surface area contributed by atoms with Crippen molar-refractivity contribution in [2.45, 2.75) is 124 Å². The van der Waals surface area contributed by atoms with E-state index >= 15 is 0 Å². The molecule has 0 aliphatic carbocycles. The maximum Gasteiger partial charge on any atom is 0.123 e. The summed E-state index contributed by atoms with van der Waals surface area (Å²) >= 11 is 0. The number of aromatic hydroxyl groups is 1. The molecule has 6 heteroatoms. The Morgan fingerprint density at radius 2 is 0.705 bits per heavy atom. The third kappa shape index (κ3) is 11.4. The van der Waals surface area contributed by atoms with Crippen molar-refractivity contribution in [1.82, 2.24) is 0 Å². The number of hydrogen-bond donors (Lipinski definition) is 5. The van der Waals surface area contributed by atoms with Crippen molar-refractivity contribution in [3.05, 3.63) is 166 Å². The normalized spacial score (nSPS) is 12.3. The van der Waals surface area contributed by atoms with Crippen LogP contribution in [-0.2, 0) is 41.4 Å². The van der Waals surface area contributed by atoms with E-state index in [0.717, 1.165) is 62.1 Å². The van der Waals surface area contributed by atoms with Crippen molar-refractivity contribution in [3.8, 4) is 5.75 Å². The van der Waals surface area contributed by atoms with Gasteiger partial charge >= 0.3 is 0 Å². The van der Waals surface area contributed by atoms with E-state index in [2.05, 4.69) is 213 Å². The molecule has 0 saturated heterocycles. The van der Waals surface area contributed by atoms with Crippen molar-refractivity contribution in [3.63, 3.8) is 0 Å². The molecule has 5 N–H and O–H groups in total. The quantitative estimate of drug-likeness (QED) is 0.0847. The van der Waals surface area contributed by atoms with Gasteiger partial charge in [0.1, 0.15) is 5.75 Å². The Bertz CT molecular complexity index is 2320. The molecule has 320 valence electrons. The molecule has 6 aromatic carbocycles. The molecule has 0 fully saturated rings. The van der Waals surface area contributed by atoms with Crippen LogP contribution in [0.4, 0.5) is 39.8 Å². The number of hydrogen-bond acceptors (Lipinski definition) is 6. The number of nitrogens with one attached hydrogen (secondary N) is 3. The molecule has 0 aromatic heterocycles. The lowest BCUT2D eigenvalue weighted by Gasteiger charge is -2.33. The summed E-state index contributed by atoms with van der Waals surface area (Å²) in [7, 11) is 0. The van der Waals surface area contributed by atoms with Crippen molar-refractivity contribution < 1.29 is 10.2 Å². The molecule has 6 nitrogen and oxygen atoms in total. The lowest BCUT2D eigenvalue weighted by molar-refractivity contribution is 0.275. The third-order valence-corrected chi connectivity index (χ3v) is 11.3. The van der Waals surface area contributed by atoms with Gasteiger partial charge in [-0.3, -0.25) is 0 Å². The molecule has 61 heavy (non-hydrogen) atoms. The number of phenols is 1. The Labute approximate surface area is 366 Å². The molecular formula is C55H68N4O2. The van der Waals surface area contributed by atoms with E-state index in [1.165, 1.54) is 16.7 Å². The second-order valence-corrected chi connectivity index (χ2v) is 20.7. The molecule has 0 aliphatic rings. The van der Waals surface area contributed by atoms with E-state index in [-0.39, 0.29) is 28.3 Å². The maximum atomic E-state index is 11.6. The fourth-order valence-corrected chi connectivity index (χ4v) is 7.99. The molecule has 0 heterocycles. The number of benzene rings is 6. The molecule has 0 amide bonds. The van der Waals surface area contributed by atoms with Gasteiger partial charge in [-0.05, 0) is 158 Å². The summed E-state index contributed by atoms with van der Waals surface area (Å²) in [5.74, 6) is 0.393. The summed E-state index contributed by atoms with van der Waals surface area (Å²) in [5, 5.41) is 32.8. The average molecular weight is 817 g/mol. The van der Waals surface area contributed by atoms with Gasteiger partial charge in [0.15, 0.2) is 0 Å². The fourth-order valence-electron chi connectivity index (χ4n) is 7.99. The highest BCUT2D eigenvalue weighted by molar-refractivity contribution is 5.69. The number of nitrogens with zero attached hydrogens (tertiary/aromatic N) is 1. The van der Waals surface area contributed by atoms with Crippen molar-refractivity contribution >= 4 is 39.8 Å². The first-order valence-electron chi connectivity index (χ1n) is 21.6. The van der Waals surface area contributed by atoms with Crippen LogP contribution in [-0.4, -0.2) is 10.2 Å². The van der Waals surface area contributed by atoms with Crippen LogP contribution in [0.5, 0.6) is 5.75 Å². The van der Waals surface area contributed by atoms with Gasteiger partial charge < -0.3 is 31.1 Å². The van der Waals surface area contributed by atoms with E-state index in [1.54, 1.807) is 0 Å². The van der Waals surface area contributed by atoms with E-state index in [4.69, 9.17) is 0 Å². The van der Waals surface area contributed by atoms with E-state index in [0.29, 0.717) is 18.8 Å². The number of phenolic OH excluding ortho intramolecular Hbond substituents is 1. The van der Waals surface area contributed by atoms with E-state index in [1.807, 2.05) is 18.2 Å². The number of aliphatic hydroxyl groups excluding tert-OH is 1. The minimum absolute atomic E-state index is 0.0108. The third-order valence-electron chi connectivity index (χ3n) is 11.3. The van der Waals surface area contributed by atoms with Gasteiger partial charge in [0.25, 0.3) is 0 Å². The summed E-state index contributed by atoms with van der Waals surface area (Å²) in [6, 6.07) is 44.5. The van der Waals surface area contributed by atoms with Crippen molar-refractivity contribution in [2.24, 2.45) is 0 Å². The molecule has 0 radical (unpaired) electrons. The lowest BCUT2D eigenvalue weighted by Crippen LogP contribution is -2.26. The molecule has 6 aromatic rings. The molecule has 0 aliphatic heterocycles. The second kappa shape index (κ2) is 17.7. The summed E-state index contributed by atoms with van der Waals surface area (Å²) in [6.45, 7) is 27.7. The number of aliphatic hydroxyl groups is 1. The van der Waals surface area contributed by atoms with Gasteiger partial charge in [-0.1, -0.05) is 113 Å². The largest absolute Gasteiger partial charge is 0.507 e. The fraction of sp³-hybridized carbons (Fsp3) is 0.345. The first-order valence-corrected chi connectivity index (χ1v) is 21.6. The first-order chi connectivity index (χ1) is 28.6. The van der Waals surface area contributed by atoms with Crippen LogP contribution in [0, 0.1) is 0 Å². The summed E-state index contributed by atoms with van der Waals surface area (Å²) in [5.41, 5.74) is 14.1. The lowest BCUT2D eigenvalue weighted by atomic mass is 9.75. The van der Waals surface area contributed by atoms with Gasteiger partial charge in [-0.25, -0.2) is 0 Å². The van der Waals surface area contributed by atoms with E-state index in [9.17, 15) is 10.2 Å². The van der Waals surface area contributed by atoms with Crippen LogP contribution in [0.3, 0.4) is 0 Å². The molecule has 0 spiro atoms. The Morgan fingerprint density at radius 1 is 0.410 bits per heavy atom. The smallest absolute Gasteiger partial charge is 0.123 e. The summed E-state index contributed by atoms with van der Waals surface area (Å²) in [6.07, 6.45) is 0. The molecule has 6 rings (SSSR count). The maximum absolute atomic E-state index is 11.6. The van der Waals surface area contributed by atoms with Crippen LogP contribution in [0.2, 0.25) is 0 Å². The number of anilines is 7. The zero-order valence-corrected chi connectivity index (χ0v) is 38.6. The Balaban J connectivity index is 1.27. The van der Waals surface area contributed by atoms with Gasteiger partial charge in [-0.2, -0.15) is 0 Å². The number of rotatable bonds is 12. The van der Waals surface area contributed by atoms with Crippen LogP contribution in [0.25, 0.3) is 0 Å². The Morgan fingerprint density at radius 3 is 1.02 bits per heavy atom. The number of para-hydroxylation sites is 1. The molecule has 0 bridgehead atoms. The predicted octanol–water partition coefficient (Wildman–Crippen LogP) is 14.5. The molecular weight excluding hydrogens is 749 g/mol. The van der Waals surface area contributed by atoms with E-state index < -0.39 is 0 Å². The minimum atomic E-state index is -0.234. The Kier molecular flexibility index (Phi) is 13.0. The molecule has 0 saturated carbocycles. The van der Waals surface area contributed by atoms with Gasteiger partial charge in [0, 0.05) is 52.9 Å². The summed E-state index contributed by atoms with van der Waals surface area (Å²) in [4.78, 5) is 2.44. The predicted molar refractivity (Wildman–Crippen MR) is 261 cm³/mol. The van der Waals surface area contributed by atoms with Gasteiger partial charge in [0.2, 0.25) is 0 Å². The minimum Gasteiger partial charge on any atom is -0.507 e. The zero-order valence-electron chi connectivity index (χ0n) is 38.6. The molecule has 0 unspecified atom stereocenters. The second-order valence-electron chi connectivity index (χ2n) is 20.7. The van der Waals surface area contributed by atoms with Gasteiger partial charge in [-0.15, -0.1) is 0 Å². The highest BCUT2D eigenvalue weighted by Crippen LogP contribution is 2.41. The van der Waals surface area contributed by atoms with Crippen molar-refractivity contribution in [1.29, 1.82) is 0 Å². The standard InChI is InChI=1S/C55H68N4O2/c1-52(2,3)47-30-37(31-48(46(47)36-60)53(4,5)6)34-59(35-38-32-49(54(7,8)9)51(61)50(33-38)55(10,11)12)45-28-26-44(27-29-45)58-43-24-22-42(23-25-43)57-41-20-18-40(19-21-41)56-39-16-14-13-15-17-39/h13-33,56-58,60-61H,34-36H2,1-12H3. The zero-order chi connectivity index (χ0) is 44.3. The van der Waals surface area contributed by atoms with Crippen LogP contribution >= 0.6 is 0 Å². The van der Waals surface area contributed by atoms with Crippen molar-refractivity contribution in [2.75, 3.05) is 20.9 Å². The van der Waals surface area contributed by atoms with Gasteiger partial charge in [0.05, 0.1) is 6.61 Å². The van der Waals surface area contributed by atoms with Crippen LogP contribution in [0.1, 0.15) is 122 Å². The monoisotopic (exact) mass is 817 g/mol. The van der Waals surface area contributed by atoms with Crippen LogP contribution in [0.15, 0.2) is 127 Å². The van der Waals surface area contributed by atoms with Crippen LogP contribution < -0.4 is 20.9 Å². The average Bonchev–Trinajstić information content (AvgIpc) is 3.18. The summed E-state index contributed by atoms with van der Waals surface area (Å²) < 4.78 is 0. The first kappa shape index (κ1) is 44.8.